The van der Waals surface area contributed by atoms with Gasteiger partial charge in [-0.05, 0) is 66.1 Å². The van der Waals surface area contributed by atoms with E-state index in [2.05, 4.69) is 47.7 Å². The summed E-state index contributed by atoms with van der Waals surface area (Å²) in [7, 11) is 0. The van der Waals surface area contributed by atoms with Crippen LogP contribution in [0.5, 0.6) is 5.75 Å². The van der Waals surface area contributed by atoms with E-state index < -0.39 is 0 Å². The fourth-order valence-electron chi connectivity index (χ4n) is 2.17. The van der Waals surface area contributed by atoms with Crippen LogP contribution in [0.4, 0.5) is 0 Å². The molecule has 1 saturated carbocycles. The number of halogens is 1. The topological polar surface area (TPSA) is 9.23 Å². The van der Waals surface area contributed by atoms with Crippen LogP contribution >= 0.6 is 22.6 Å². The van der Waals surface area contributed by atoms with Gasteiger partial charge in [-0.3, -0.25) is 0 Å². The summed E-state index contributed by atoms with van der Waals surface area (Å²) in [6.45, 7) is 2.22. The van der Waals surface area contributed by atoms with E-state index in [9.17, 15) is 0 Å². The molecule has 1 heterocycles. The minimum absolute atomic E-state index is 0.180. The lowest BCUT2D eigenvalue weighted by molar-refractivity contribution is 0.165. The largest absolute Gasteiger partial charge is 0.487 e. The number of hydrogen-bond acceptors (Lipinski definition) is 1. The summed E-state index contributed by atoms with van der Waals surface area (Å²) in [6, 6.07) is 6.47. The molecule has 0 aromatic heterocycles. The first kappa shape index (κ1) is 8.09. The lowest BCUT2D eigenvalue weighted by Gasteiger charge is -2.23. The Labute approximate surface area is 91.6 Å². The van der Waals surface area contributed by atoms with Crippen LogP contribution in [0.15, 0.2) is 18.2 Å². The lowest BCUT2D eigenvalue weighted by atomic mass is 10.0. The van der Waals surface area contributed by atoms with Gasteiger partial charge in [0.1, 0.15) is 11.4 Å². The molecule has 1 aromatic rings. The normalized spacial score (nSPS) is 34.5. The van der Waals surface area contributed by atoms with Gasteiger partial charge in [0.05, 0.1) is 0 Å². The number of benzene rings is 1. The van der Waals surface area contributed by atoms with Gasteiger partial charge in [0.25, 0.3) is 0 Å². The molecule has 0 radical (unpaired) electrons. The Morgan fingerprint density at radius 1 is 1.54 bits per heavy atom. The van der Waals surface area contributed by atoms with Gasteiger partial charge in [0.2, 0.25) is 0 Å². The standard InChI is InChI=1S/C11H11IO/c1-11-6-8(11)4-7-5-9(12)2-3-10(7)13-11/h2-3,5,8H,4,6H2,1H3. The van der Waals surface area contributed by atoms with Gasteiger partial charge in [-0.15, -0.1) is 0 Å². The number of fused-ring (bicyclic) bond motifs is 2. The first-order valence-corrected chi connectivity index (χ1v) is 5.73. The maximum Gasteiger partial charge on any atom is 0.123 e. The van der Waals surface area contributed by atoms with E-state index >= 15 is 0 Å². The molecule has 1 aromatic carbocycles. The highest BCUT2D eigenvalue weighted by molar-refractivity contribution is 14.1. The monoisotopic (exact) mass is 286 g/mol. The summed E-state index contributed by atoms with van der Waals surface area (Å²) in [5, 5.41) is 0. The number of ether oxygens (including phenoxy) is 1. The first-order valence-electron chi connectivity index (χ1n) is 4.65. The smallest absolute Gasteiger partial charge is 0.123 e. The van der Waals surface area contributed by atoms with Crippen LogP contribution in [0, 0.1) is 9.49 Å². The van der Waals surface area contributed by atoms with Crippen molar-refractivity contribution in [1.29, 1.82) is 0 Å². The van der Waals surface area contributed by atoms with Crippen molar-refractivity contribution in [3.05, 3.63) is 27.3 Å². The zero-order valence-corrected chi connectivity index (χ0v) is 9.67. The second-order valence-electron chi connectivity index (χ2n) is 4.27. The van der Waals surface area contributed by atoms with Crippen LogP contribution in [-0.4, -0.2) is 5.60 Å². The average molecular weight is 286 g/mol. The summed E-state index contributed by atoms with van der Waals surface area (Å²) in [6.07, 6.45) is 2.45. The van der Waals surface area contributed by atoms with Crippen molar-refractivity contribution < 1.29 is 4.74 Å². The van der Waals surface area contributed by atoms with Gasteiger partial charge in [0, 0.05) is 9.49 Å². The fraction of sp³-hybridized carbons (Fsp3) is 0.455. The van der Waals surface area contributed by atoms with E-state index in [4.69, 9.17) is 4.74 Å². The van der Waals surface area contributed by atoms with E-state index in [1.807, 2.05) is 0 Å². The van der Waals surface area contributed by atoms with Crippen molar-refractivity contribution in [3.8, 4) is 5.75 Å². The van der Waals surface area contributed by atoms with E-state index in [1.165, 1.54) is 22.0 Å². The molecule has 2 atom stereocenters. The van der Waals surface area contributed by atoms with Crippen molar-refractivity contribution in [3.63, 3.8) is 0 Å². The summed E-state index contributed by atoms with van der Waals surface area (Å²) >= 11 is 2.35. The average Bonchev–Trinajstić information content (AvgIpc) is 2.71. The number of rotatable bonds is 0. The first-order chi connectivity index (χ1) is 6.17. The van der Waals surface area contributed by atoms with Gasteiger partial charge >= 0.3 is 0 Å². The Morgan fingerprint density at radius 2 is 2.38 bits per heavy atom. The SMILES string of the molecule is CC12CC1Cc1cc(I)ccc1O2. The van der Waals surface area contributed by atoms with Gasteiger partial charge < -0.3 is 4.74 Å². The molecule has 3 rings (SSSR count). The molecule has 0 bridgehead atoms. The molecule has 2 aliphatic rings. The molecule has 68 valence electrons. The minimum atomic E-state index is 0.180. The van der Waals surface area contributed by atoms with Crippen molar-refractivity contribution in [1.82, 2.24) is 0 Å². The molecular weight excluding hydrogens is 275 g/mol. The maximum absolute atomic E-state index is 5.94. The van der Waals surface area contributed by atoms with Crippen molar-refractivity contribution >= 4 is 22.6 Å². The Bertz CT molecular complexity index is 374. The Hall–Kier alpha value is -0.250. The molecule has 0 amide bonds. The quantitative estimate of drug-likeness (QED) is 0.666. The third-order valence-electron chi connectivity index (χ3n) is 3.19. The molecule has 2 heteroatoms. The molecule has 1 aliphatic carbocycles. The maximum atomic E-state index is 5.94. The summed E-state index contributed by atoms with van der Waals surface area (Å²) < 4.78 is 7.25. The highest BCUT2D eigenvalue weighted by Crippen LogP contribution is 2.53. The molecular formula is C11H11IO. The lowest BCUT2D eigenvalue weighted by Crippen LogP contribution is -2.22. The third-order valence-corrected chi connectivity index (χ3v) is 3.86. The highest BCUT2D eigenvalue weighted by Gasteiger charge is 2.55. The summed E-state index contributed by atoms with van der Waals surface area (Å²) in [5.74, 6) is 1.88. The fourth-order valence-corrected chi connectivity index (χ4v) is 2.72. The van der Waals surface area contributed by atoms with E-state index in [1.54, 1.807) is 0 Å². The molecule has 0 spiro atoms. The molecule has 2 unspecified atom stereocenters. The highest BCUT2D eigenvalue weighted by atomic mass is 127. The predicted octanol–water partition coefficient (Wildman–Crippen LogP) is 3.00. The summed E-state index contributed by atoms with van der Waals surface area (Å²) in [4.78, 5) is 0. The molecule has 0 N–H and O–H groups in total. The molecule has 13 heavy (non-hydrogen) atoms. The van der Waals surface area contributed by atoms with Gasteiger partial charge in [-0.1, -0.05) is 0 Å². The minimum Gasteiger partial charge on any atom is -0.487 e. The van der Waals surface area contributed by atoms with Crippen molar-refractivity contribution in [2.45, 2.75) is 25.4 Å². The molecule has 1 nitrogen and oxygen atoms in total. The molecule has 1 aliphatic heterocycles. The van der Waals surface area contributed by atoms with Gasteiger partial charge in [-0.25, -0.2) is 0 Å². The Kier molecular flexibility index (Phi) is 1.50. The summed E-state index contributed by atoms with van der Waals surface area (Å²) in [5.41, 5.74) is 1.58. The van der Waals surface area contributed by atoms with Crippen LogP contribution in [0.25, 0.3) is 0 Å². The van der Waals surface area contributed by atoms with Crippen LogP contribution in [0.2, 0.25) is 0 Å². The molecule has 1 fully saturated rings. The third kappa shape index (κ3) is 1.18. The predicted molar refractivity (Wildman–Crippen MR) is 60.0 cm³/mol. The van der Waals surface area contributed by atoms with Crippen LogP contribution in [0.3, 0.4) is 0 Å². The zero-order chi connectivity index (χ0) is 9.05. The van der Waals surface area contributed by atoms with Crippen LogP contribution in [-0.2, 0) is 6.42 Å². The van der Waals surface area contributed by atoms with Crippen molar-refractivity contribution in [2.24, 2.45) is 5.92 Å². The zero-order valence-electron chi connectivity index (χ0n) is 7.51. The number of hydrogen-bond donors (Lipinski definition) is 0. The second-order valence-corrected chi connectivity index (χ2v) is 5.52. The molecule has 0 saturated heterocycles. The van der Waals surface area contributed by atoms with Crippen LogP contribution in [0.1, 0.15) is 18.9 Å². The Morgan fingerprint density at radius 3 is 3.23 bits per heavy atom. The van der Waals surface area contributed by atoms with E-state index in [0.717, 1.165) is 11.7 Å². The van der Waals surface area contributed by atoms with Gasteiger partial charge in [-0.2, -0.15) is 0 Å². The second kappa shape index (κ2) is 2.41. The van der Waals surface area contributed by atoms with E-state index in [-0.39, 0.29) is 5.60 Å². The van der Waals surface area contributed by atoms with E-state index in [0.29, 0.717) is 0 Å². The van der Waals surface area contributed by atoms with Gasteiger partial charge in [0.15, 0.2) is 0 Å². The van der Waals surface area contributed by atoms with Crippen molar-refractivity contribution in [2.75, 3.05) is 0 Å². The Balaban J connectivity index is 2.05. The van der Waals surface area contributed by atoms with Crippen LogP contribution < -0.4 is 4.74 Å².